The van der Waals surface area contributed by atoms with Gasteiger partial charge in [0.15, 0.2) is 5.01 Å². The number of benzene rings is 1. The van der Waals surface area contributed by atoms with Crippen molar-refractivity contribution in [2.24, 2.45) is 0 Å². The van der Waals surface area contributed by atoms with Crippen molar-refractivity contribution in [3.63, 3.8) is 0 Å². The van der Waals surface area contributed by atoms with Gasteiger partial charge in [0.1, 0.15) is 0 Å². The molecule has 1 aliphatic rings. The average molecular weight is 272 g/mol. The normalized spacial score (nSPS) is 13.8. The molecule has 0 aliphatic carbocycles. The second-order valence-corrected chi connectivity index (χ2v) is 4.90. The minimum atomic E-state index is -0.425. The number of amides is 2. The van der Waals surface area contributed by atoms with Gasteiger partial charge in [-0.2, -0.15) is 0 Å². The molecule has 3 rings (SSSR count). The molecule has 0 bridgehead atoms. The van der Waals surface area contributed by atoms with Crippen LogP contribution in [-0.2, 0) is 0 Å². The highest BCUT2D eigenvalue weighted by atomic mass is 32.1. The van der Waals surface area contributed by atoms with Gasteiger partial charge in [-0.15, -0.1) is 11.3 Å². The summed E-state index contributed by atoms with van der Waals surface area (Å²) in [6, 6.07) is 6.55. The third kappa shape index (κ3) is 1.86. The fourth-order valence-electron chi connectivity index (χ4n) is 1.96. The second-order valence-electron chi connectivity index (χ2n) is 4.00. The zero-order valence-electron chi connectivity index (χ0n) is 9.70. The standard InChI is InChI=1S/C13H8N2O3S/c16-10(11-14-5-6-19-11)7-15-12(17)8-3-1-2-4-9(8)13(15)18/h1-6H,7H2. The Morgan fingerprint density at radius 1 is 1.16 bits per heavy atom. The van der Waals surface area contributed by atoms with E-state index in [2.05, 4.69) is 4.98 Å². The largest absolute Gasteiger partial charge is 0.289 e. The summed E-state index contributed by atoms with van der Waals surface area (Å²) in [7, 11) is 0. The van der Waals surface area contributed by atoms with Gasteiger partial charge >= 0.3 is 0 Å². The van der Waals surface area contributed by atoms with E-state index < -0.39 is 11.8 Å². The summed E-state index contributed by atoms with van der Waals surface area (Å²) < 4.78 is 0. The van der Waals surface area contributed by atoms with Gasteiger partial charge in [-0.1, -0.05) is 12.1 Å². The molecule has 0 N–H and O–H groups in total. The fraction of sp³-hybridized carbons (Fsp3) is 0.0769. The van der Waals surface area contributed by atoms with Crippen LogP contribution < -0.4 is 0 Å². The van der Waals surface area contributed by atoms with E-state index in [1.165, 1.54) is 17.5 Å². The first-order valence-corrected chi connectivity index (χ1v) is 6.44. The predicted molar refractivity (Wildman–Crippen MR) is 68.3 cm³/mol. The number of rotatable bonds is 3. The molecule has 0 saturated heterocycles. The summed E-state index contributed by atoms with van der Waals surface area (Å²) in [5, 5.41) is 1.98. The van der Waals surface area contributed by atoms with E-state index in [1.54, 1.807) is 29.6 Å². The molecule has 1 aliphatic heterocycles. The molecule has 0 unspecified atom stereocenters. The molecular formula is C13H8N2O3S. The molecule has 0 radical (unpaired) electrons. The Balaban J connectivity index is 1.87. The highest BCUT2D eigenvalue weighted by molar-refractivity contribution is 7.11. The zero-order chi connectivity index (χ0) is 13.4. The van der Waals surface area contributed by atoms with Crippen molar-refractivity contribution in [3.8, 4) is 0 Å². The van der Waals surface area contributed by atoms with E-state index in [-0.39, 0.29) is 12.3 Å². The number of aromatic nitrogens is 1. The molecule has 5 nitrogen and oxygen atoms in total. The second kappa shape index (κ2) is 4.40. The molecule has 94 valence electrons. The molecule has 0 saturated carbocycles. The van der Waals surface area contributed by atoms with Crippen molar-refractivity contribution in [2.75, 3.05) is 6.54 Å². The highest BCUT2D eigenvalue weighted by Crippen LogP contribution is 2.22. The number of imide groups is 1. The van der Waals surface area contributed by atoms with Crippen LogP contribution in [0.25, 0.3) is 0 Å². The molecule has 1 aromatic carbocycles. The van der Waals surface area contributed by atoms with Crippen molar-refractivity contribution in [1.82, 2.24) is 9.88 Å². The number of hydrogen-bond donors (Lipinski definition) is 0. The Morgan fingerprint density at radius 3 is 2.32 bits per heavy atom. The lowest BCUT2D eigenvalue weighted by Gasteiger charge is -2.11. The molecule has 2 amide bonds. The lowest BCUT2D eigenvalue weighted by molar-refractivity contribution is 0.0624. The Hall–Kier alpha value is -2.34. The molecule has 19 heavy (non-hydrogen) atoms. The number of fused-ring (bicyclic) bond motifs is 1. The van der Waals surface area contributed by atoms with E-state index in [0.717, 1.165) is 4.90 Å². The number of Topliss-reactive ketones (excluding diaryl/α,β-unsaturated/α-hetero) is 1. The third-order valence-electron chi connectivity index (χ3n) is 2.85. The van der Waals surface area contributed by atoms with E-state index in [0.29, 0.717) is 16.1 Å². The summed E-state index contributed by atoms with van der Waals surface area (Å²) in [5.74, 6) is -1.18. The van der Waals surface area contributed by atoms with E-state index in [1.807, 2.05) is 0 Å². The molecule has 0 fully saturated rings. The lowest BCUT2D eigenvalue weighted by Crippen LogP contribution is -2.34. The lowest BCUT2D eigenvalue weighted by atomic mass is 10.1. The van der Waals surface area contributed by atoms with Crippen molar-refractivity contribution in [1.29, 1.82) is 0 Å². The summed E-state index contributed by atoms with van der Waals surface area (Å²) in [5.41, 5.74) is 0.693. The number of hydrogen-bond acceptors (Lipinski definition) is 5. The quantitative estimate of drug-likeness (QED) is 0.629. The summed E-state index contributed by atoms with van der Waals surface area (Å²) in [6.45, 7) is -0.264. The third-order valence-corrected chi connectivity index (χ3v) is 3.66. The highest BCUT2D eigenvalue weighted by Gasteiger charge is 2.36. The Bertz CT molecular complexity index is 644. The van der Waals surface area contributed by atoms with Crippen LogP contribution in [0, 0.1) is 0 Å². The van der Waals surface area contributed by atoms with Crippen molar-refractivity contribution in [2.45, 2.75) is 0 Å². The van der Waals surface area contributed by atoms with E-state index in [4.69, 9.17) is 0 Å². The smallest absolute Gasteiger partial charge is 0.261 e. The van der Waals surface area contributed by atoms with Crippen molar-refractivity contribution >= 4 is 28.9 Å². The van der Waals surface area contributed by atoms with Gasteiger partial charge in [0.25, 0.3) is 11.8 Å². The van der Waals surface area contributed by atoms with Crippen LogP contribution in [0.4, 0.5) is 0 Å². The number of thiazole rings is 1. The summed E-state index contributed by atoms with van der Waals surface area (Å²) >= 11 is 1.19. The molecule has 0 atom stereocenters. The molecule has 1 aromatic heterocycles. The van der Waals surface area contributed by atoms with Gasteiger partial charge in [0.2, 0.25) is 5.78 Å². The molecule has 0 spiro atoms. The van der Waals surface area contributed by atoms with Gasteiger partial charge in [0, 0.05) is 11.6 Å². The summed E-state index contributed by atoms with van der Waals surface area (Å²) in [4.78, 5) is 40.8. The van der Waals surface area contributed by atoms with Crippen LogP contribution in [0.5, 0.6) is 0 Å². The minimum Gasteiger partial charge on any atom is -0.289 e. The van der Waals surface area contributed by atoms with Crippen LogP contribution in [0.1, 0.15) is 30.5 Å². The summed E-state index contributed by atoms with van der Waals surface area (Å²) in [6.07, 6.45) is 1.51. The number of carbonyl (C=O) groups excluding carboxylic acids is 3. The van der Waals surface area contributed by atoms with Crippen molar-refractivity contribution < 1.29 is 14.4 Å². The van der Waals surface area contributed by atoms with Crippen LogP contribution in [0.2, 0.25) is 0 Å². The van der Waals surface area contributed by atoms with Gasteiger partial charge in [-0.25, -0.2) is 4.98 Å². The molecule has 2 heterocycles. The number of ketones is 1. The Morgan fingerprint density at radius 2 is 1.79 bits per heavy atom. The van der Waals surface area contributed by atoms with Gasteiger partial charge in [0.05, 0.1) is 17.7 Å². The molecule has 2 aromatic rings. The monoisotopic (exact) mass is 272 g/mol. The first kappa shape index (κ1) is 11.7. The number of carbonyl (C=O) groups is 3. The minimum absolute atomic E-state index is 0.264. The SMILES string of the molecule is O=C(CN1C(=O)c2ccccc2C1=O)c1nccs1. The van der Waals surface area contributed by atoms with Crippen molar-refractivity contribution in [3.05, 3.63) is 52.0 Å². The zero-order valence-corrected chi connectivity index (χ0v) is 10.5. The van der Waals surface area contributed by atoms with Gasteiger partial charge in [-0.05, 0) is 12.1 Å². The maximum atomic E-state index is 12.0. The van der Waals surface area contributed by atoms with Gasteiger partial charge < -0.3 is 0 Å². The van der Waals surface area contributed by atoms with Crippen LogP contribution in [0.15, 0.2) is 35.8 Å². The van der Waals surface area contributed by atoms with E-state index >= 15 is 0 Å². The van der Waals surface area contributed by atoms with Crippen LogP contribution >= 0.6 is 11.3 Å². The topological polar surface area (TPSA) is 67.3 Å². The van der Waals surface area contributed by atoms with Gasteiger partial charge in [-0.3, -0.25) is 19.3 Å². The molecular weight excluding hydrogens is 264 g/mol. The predicted octanol–water partition coefficient (Wildman–Crippen LogP) is 1.62. The van der Waals surface area contributed by atoms with Crippen LogP contribution in [-0.4, -0.2) is 34.0 Å². The van der Waals surface area contributed by atoms with E-state index in [9.17, 15) is 14.4 Å². The molecule has 6 heteroatoms. The maximum absolute atomic E-state index is 12.0. The Kier molecular flexibility index (Phi) is 2.72. The fourth-order valence-corrected chi connectivity index (χ4v) is 2.52. The average Bonchev–Trinajstić information content (AvgIpc) is 3.03. The Labute approximate surface area is 112 Å². The number of nitrogens with zero attached hydrogens (tertiary/aromatic N) is 2. The first-order valence-electron chi connectivity index (χ1n) is 5.56. The van der Waals surface area contributed by atoms with Crippen LogP contribution in [0.3, 0.4) is 0 Å². The first-order chi connectivity index (χ1) is 9.18. The maximum Gasteiger partial charge on any atom is 0.261 e.